The SMILES string of the molecule is OC(CNC(c1cccc(Oc2ccc(OC(F)(F)F)cc2)c1)c1ccc(C(F)(F)F)cc1F)c1ccc(C(F)(F)F)cc1. The fourth-order valence-corrected chi connectivity index (χ4v) is 4.19. The quantitative estimate of drug-likeness (QED) is 0.181. The van der Waals surface area contributed by atoms with Crippen molar-refractivity contribution in [3.63, 3.8) is 0 Å². The van der Waals surface area contributed by atoms with Crippen LogP contribution < -0.4 is 14.8 Å². The van der Waals surface area contributed by atoms with E-state index in [0.29, 0.717) is 12.1 Å². The molecule has 14 heteroatoms. The van der Waals surface area contributed by atoms with Gasteiger partial charge in [-0.2, -0.15) is 26.3 Å². The Morgan fingerprint density at radius 1 is 0.636 bits per heavy atom. The van der Waals surface area contributed by atoms with Crippen LogP contribution in [0.25, 0.3) is 0 Å². The molecule has 0 fully saturated rings. The number of aliphatic hydroxyl groups excluding tert-OH is 1. The lowest BCUT2D eigenvalue weighted by Gasteiger charge is -2.24. The number of benzene rings is 4. The van der Waals surface area contributed by atoms with Gasteiger partial charge in [-0.05, 0) is 71.8 Å². The minimum atomic E-state index is -4.90. The average Bonchev–Trinajstić information content (AvgIpc) is 2.93. The fraction of sp³-hybridized carbons (Fsp3) is 0.200. The summed E-state index contributed by atoms with van der Waals surface area (Å²) in [5.41, 5.74) is -2.09. The molecule has 4 aromatic rings. The summed E-state index contributed by atoms with van der Waals surface area (Å²) in [6.45, 7) is -0.359. The molecule has 0 spiro atoms. The second kappa shape index (κ2) is 12.7. The predicted molar refractivity (Wildman–Crippen MR) is 137 cm³/mol. The molecule has 2 N–H and O–H groups in total. The molecule has 4 rings (SSSR count). The summed E-state index contributed by atoms with van der Waals surface area (Å²) in [4.78, 5) is 0. The number of nitrogens with one attached hydrogen (secondary N) is 1. The smallest absolute Gasteiger partial charge is 0.457 e. The Morgan fingerprint density at radius 3 is 1.80 bits per heavy atom. The van der Waals surface area contributed by atoms with E-state index in [2.05, 4.69) is 10.1 Å². The molecule has 0 aliphatic carbocycles. The summed E-state index contributed by atoms with van der Waals surface area (Å²) >= 11 is 0. The minimum absolute atomic E-state index is 0.0900. The lowest BCUT2D eigenvalue weighted by Crippen LogP contribution is -2.28. The number of aliphatic hydroxyl groups is 1. The molecule has 0 amide bonds. The van der Waals surface area contributed by atoms with Gasteiger partial charge in [0.1, 0.15) is 23.1 Å². The highest BCUT2D eigenvalue weighted by Crippen LogP contribution is 2.35. The van der Waals surface area contributed by atoms with E-state index in [1.54, 1.807) is 0 Å². The van der Waals surface area contributed by atoms with Crippen LogP contribution in [0.3, 0.4) is 0 Å². The normalized spacial score (nSPS) is 13.8. The highest BCUT2D eigenvalue weighted by Gasteiger charge is 2.33. The molecule has 0 radical (unpaired) electrons. The predicted octanol–water partition coefficient (Wildman–Crippen LogP) is 8.97. The molecule has 0 bridgehead atoms. The van der Waals surface area contributed by atoms with E-state index < -0.39 is 53.6 Å². The Bertz CT molecular complexity index is 1550. The van der Waals surface area contributed by atoms with E-state index in [1.165, 1.54) is 36.4 Å². The average molecular weight is 633 g/mol. The van der Waals surface area contributed by atoms with Gasteiger partial charge >= 0.3 is 18.7 Å². The summed E-state index contributed by atoms with van der Waals surface area (Å²) in [5, 5.41) is 13.5. The zero-order valence-corrected chi connectivity index (χ0v) is 22.1. The van der Waals surface area contributed by atoms with Crippen molar-refractivity contribution in [2.75, 3.05) is 6.54 Å². The topological polar surface area (TPSA) is 50.7 Å². The molecule has 0 saturated carbocycles. The van der Waals surface area contributed by atoms with Gasteiger partial charge in [0.05, 0.1) is 23.3 Å². The third kappa shape index (κ3) is 8.63. The van der Waals surface area contributed by atoms with Gasteiger partial charge in [0.2, 0.25) is 0 Å². The molecule has 4 aromatic carbocycles. The molecule has 4 nitrogen and oxygen atoms in total. The first kappa shape index (κ1) is 32.6. The fourth-order valence-electron chi connectivity index (χ4n) is 4.19. The van der Waals surface area contributed by atoms with Crippen LogP contribution in [-0.4, -0.2) is 18.0 Å². The van der Waals surface area contributed by atoms with Crippen LogP contribution in [0.5, 0.6) is 17.2 Å². The van der Waals surface area contributed by atoms with Gasteiger partial charge < -0.3 is 19.9 Å². The Morgan fingerprint density at radius 2 is 1.23 bits per heavy atom. The second-order valence-electron chi connectivity index (χ2n) is 9.40. The lowest BCUT2D eigenvalue weighted by atomic mass is 9.96. The Labute approximate surface area is 243 Å². The molecule has 2 unspecified atom stereocenters. The van der Waals surface area contributed by atoms with E-state index in [-0.39, 0.29) is 34.7 Å². The summed E-state index contributed by atoms with van der Waals surface area (Å²) in [7, 11) is 0. The van der Waals surface area contributed by atoms with Gasteiger partial charge in [0.25, 0.3) is 0 Å². The first-order valence-electron chi connectivity index (χ1n) is 12.6. The first-order valence-corrected chi connectivity index (χ1v) is 12.6. The molecular formula is C30H21F10NO3. The Balaban J connectivity index is 1.60. The van der Waals surface area contributed by atoms with Crippen LogP contribution in [0.4, 0.5) is 43.9 Å². The standard InChI is InChI=1S/C30H21F10NO3/c31-25-15-20(29(35,36)37)8-13-24(25)27(41-16-26(42)17-4-6-19(7-5-17)28(32,33)34)18-2-1-3-23(14-18)43-21-9-11-22(12-10-21)44-30(38,39)40/h1-15,26-27,41-42H,16H2. The molecule has 2 atom stereocenters. The zero-order chi connectivity index (χ0) is 32.3. The summed E-state index contributed by atoms with van der Waals surface area (Å²) in [6.07, 6.45) is -15.7. The van der Waals surface area contributed by atoms with Crippen molar-refractivity contribution >= 4 is 0 Å². The summed E-state index contributed by atoms with van der Waals surface area (Å²) in [5.74, 6) is -1.51. The minimum Gasteiger partial charge on any atom is -0.457 e. The van der Waals surface area contributed by atoms with Gasteiger partial charge in [0.15, 0.2) is 0 Å². The van der Waals surface area contributed by atoms with E-state index in [9.17, 15) is 44.6 Å². The van der Waals surface area contributed by atoms with Crippen molar-refractivity contribution in [3.8, 4) is 17.2 Å². The molecule has 0 heterocycles. The number of hydrogen-bond donors (Lipinski definition) is 2. The maximum atomic E-state index is 15.1. The van der Waals surface area contributed by atoms with Gasteiger partial charge in [-0.3, -0.25) is 0 Å². The highest BCUT2D eigenvalue weighted by molar-refractivity contribution is 5.41. The van der Waals surface area contributed by atoms with Crippen molar-refractivity contribution in [3.05, 3.63) is 125 Å². The first-order chi connectivity index (χ1) is 20.5. The van der Waals surface area contributed by atoms with Crippen molar-refractivity contribution in [2.24, 2.45) is 0 Å². The van der Waals surface area contributed by atoms with Crippen molar-refractivity contribution in [1.29, 1.82) is 0 Å². The van der Waals surface area contributed by atoms with E-state index >= 15 is 4.39 Å². The van der Waals surface area contributed by atoms with Crippen LogP contribution in [-0.2, 0) is 12.4 Å². The number of ether oxygens (including phenoxy) is 2. The third-order valence-electron chi connectivity index (χ3n) is 6.26. The van der Waals surface area contributed by atoms with Crippen molar-refractivity contribution < 1.29 is 58.5 Å². The van der Waals surface area contributed by atoms with Crippen molar-refractivity contribution in [1.82, 2.24) is 5.32 Å². The second-order valence-corrected chi connectivity index (χ2v) is 9.40. The zero-order valence-electron chi connectivity index (χ0n) is 22.1. The van der Waals surface area contributed by atoms with Crippen LogP contribution in [0.2, 0.25) is 0 Å². The van der Waals surface area contributed by atoms with E-state index in [1.807, 2.05) is 0 Å². The Kier molecular flexibility index (Phi) is 9.44. The Hall–Kier alpha value is -4.30. The molecule has 44 heavy (non-hydrogen) atoms. The van der Waals surface area contributed by atoms with Gasteiger partial charge in [0, 0.05) is 12.1 Å². The number of halogens is 10. The largest absolute Gasteiger partial charge is 0.573 e. The molecule has 0 aliphatic heterocycles. The number of hydrogen-bond acceptors (Lipinski definition) is 4. The van der Waals surface area contributed by atoms with Gasteiger partial charge in [-0.25, -0.2) is 4.39 Å². The molecule has 0 saturated heterocycles. The summed E-state index contributed by atoms with van der Waals surface area (Å²) < 4.78 is 140. The van der Waals surface area contributed by atoms with E-state index in [0.717, 1.165) is 42.5 Å². The number of rotatable bonds is 9. The van der Waals surface area contributed by atoms with Crippen molar-refractivity contribution in [2.45, 2.75) is 30.9 Å². The van der Waals surface area contributed by atoms with Gasteiger partial charge in [-0.1, -0.05) is 30.3 Å². The molecular weight excluding hydrogens is 612 g/mol. The van der Waals surface area contributed by atoms with Crippen LogP contribution >= 0.6 is 0 Å². The van der Waals surface area contributed by atoms with Crippen LogP contribution in [0.1, 0.15) is 40.0 Å². The lowest BCUT2D eigenvalue weighted by molar-refractivity contribution is -0.274. The monoisotopic (exact) mass is 633 g/mol. The highest BCUT2D eigenvalue weighted by atomic mass is 19.4. The molecule has 234 valence electrons. The molecule has 0 aromatic heterocycles. The van der Waals surface area contributed by atoms with Gasteiger partial charge in [-0.15, -0.1) is 13.2 Å². The van der Waals surface area contributed by atoms with Crippen LogP contribution in [0, 0.1) is 5.82 Å². The summed E-state index contributed by atoms with van der Waals surface area (Å²) in [6, 6.07) is 14.6. The maximum absolute atomic E-state index is 15.1. The maximum Gasteiger partial charge on any atom is 0.573 e. The number of alkyl halides is 9. The third-order valence-corrected chi connectivity index (χ3v) is 6.26. The van der Waals surface area contributed by atoms with E-state index in [4.69, 9.17) is 4.74 Å². The molecule has 0 aliphatic rings. The van der Waals surface area contributed by atoms with Crippen LogP contribution in [0.15, 0.2) is 91.0 Å².